The third kappa shape index (κ3) is 3.87. The van der Waals surface area contributed by atoms with Crippen LogP contribution in [0.1, 0.15) is 20.3 Å². The first-order valence-electron chi connectivity index (χ1n) is 6.68. The summed E-state index contributed by atoms with van der Waals surface area (Å²) < 4.78 is 16.0. The van der Waals surface area contributed by atoms with Crippen LogP contribution in [0.5, 0.6) is 11.6 Å². The van der Waals surface area contributed by atoms with Crippen LogP contribution in [0.3, 0.4) is 0 Å². The van der Waals surface area contributed by atoms with E-state index in [9.17, 15) is 4.79 Å². The van der Waals surface area contributed by atoms with Gasteiger partial charge in [0.2, 0.25) is 5.75 Å². The molecule has 1 aromatic heterocycles. The van der Waals surface area contributed by atoms with Crippen LogP contribution in [0.15, 0.2) is 6.33 Å². The normalized spacial score (nSPS) is 18.0. The molecule has 0 N–H and O–H groups in total. The molecule has 1 fully saturated rings. The van der Waals surface area contributed by atoms with Gasteiger partial charge in [0, 0.05) is 13.0 Å². The average Bonchev–Trinajstić information content (AvgIpc) is 2.87. The number of hydrogen-bond donors (Lipinski definition) is 0. The Morgan fingerprint density at radius 1 is 1.48 bits per heavy atom. The fourth-order valence-corrected chi connectivity index (χ4v) is 2.22. The van der Waals surface area contributed by atoms with Gasteiger partial charge in [0.25, 0.3) is 5.88 Å². The molecule has 0 aromatic carbocycles. The Hall–Kier alpha value is -1.76. The molecule has 7 nitrogen and oxygen atoms in total. The molecule has 8 heteroatoms. The lowest BCUT2D eigenvalue weighted by Crippen LogP contribution is -2.33. The van der Waals surface area contributed by atoms with Crippen LogP contribution in [0.2, 0.25) is 5.15 Å². The van der Waals surface area contributed by atoms with Gasteiger partial charge in [-0.25, -0.2) is 9.78 Å². The molecule has 1 atom stereocenters. The highest BCUT2D eigenvalue weighted by molar-refractivity contribution is 6.31. The maximum atomic E-state index is 11.8. The van der Waals surface area contributed by atoms with E-state index < -0.39 is 0 Å². The summed E-state index contributed by atoms with van der Waals surface area (Å²) in [5.41, 5.74) is 0. The van der Waals surface area contributed by atoms with Crippen LogP contribution in [-0.2, 0) is 4.74 Å². The van der Waals surface area contributed by atoms with E-state index in [0.717, 1.165) is 0 Å². The number of hydrogen-bond acceptors (Lipinski definition) is 6. The number of nitrogens with zero attached hydrogens (tertiary/aromatic N) is 3. The molecule has 1 saturated heterocycles. The van der Waals surface area contributed by atoms with Crippen molar-refractivity contribution in [1.29, 1.82) is 0 Å². The van der Waals surface area contributed by atoms with Gasteiger partial charge in [-0.3, -0.25) is 0 Å². The number of carbonyl (C=O) groups excluding carboxylic acids is 1. The minimum absolute atomic E-state index is 0.141. The van der Waals surface area contributed by atoms with Crippen molar-refractivity contribution in [2.75, 3.05) is 20.2 Å². The number of amides is 1. The molecule has 1 aromatic rings. The summed E-state index contributed by atoms with van der Waals surface area (Å²) in [7, 11) is 1.47. The van der Waals surface area contributed by atoms with Crippen molar-refractivity contribution < 1.29 is 19.0 Å². The second-order valence-electron chi connectivity index (χ2n) is 4.91. The van der Waals surface area contributed by atoms with E-state index in [-0.39, 0.29) is 29.3 Å². The third-order valence-corrected chi connectivity index (χ3v) is 3.22. The molecule has 0 aliphatic carbocycles. The van der Waals surface area contributed by atoms with Gasteiger partial charge in [0.1, 0.15) is 12.4 Å². The first-order valence-corrected chi connectivity index (χ1v) is 7.05. The van der Waals surface area contributed by atoms with E-state index in [4.69, 9.17) is 25.8 Å². The van der Waals surface area contributed by atoms with Crippen LogP contribution in [-0.4, -0.2) is 53.4 Å². The van der Waals surface area contributed by atoms with Crippen molar-refractivity contribution in [3.8, 4) is 11.6 Å². The van der Waals surface area contributed by atoms with Crippen molar-refractivity contribution >= 4 is 17.7 Å². The lowest BCUT2D eigenvalue weighted by molar-refractivity contribution is 0.0794. The van der Waals surface area contributed by atoms with Gasteiger partial charge in [-0.2, -0.15) is 4.98 Å². The molecule has 2 heterocycles. The second kappa shape index (κ2) is 6.80. The Morgan fingerprint density at radius 2 is 2.24 bits per heavy atom. The summed E-state index contributed by atoms with van der Waals surface area (Å²) in [5.74, 6) is 0.573. The number of likely N-dealkylation sites (tertiary alicyclic amines) is 1. The monoisotopic (exact) mass is 315 g/mol. The molecule has 21 heavy (non-hydrogen) atoms. The minimum atomic E-state index is -0.330. The van der Waals surface area contributed by atoms with Gasteiger partial charge in [0.15, 0.2) is 5.15 Å². The molecule has 0 spiro atoms. The minimum Gasteiger partial charge on any atom is -0.489 e. The van der Waals surface area contributed by atoms with Gasteiger partial charge >= 0.3 is 6.09 Å². The van der Waals surface area contributed by atoms with Crippen molar-refractivity contribution in [3.63, 3.8) is 0 Å². The molecule has 0 saturated carbocycles. The maximum Gasteiger partial charge on any atom is 0.410 e. The zero-order valence-electron chi connectivity index (χ0n) is 12.2. The molecule has 2 rings (SSSR count). The maximum absolute atomic E-state index is 11.8. The summed E-state index contributed by atoms with van der Waals surface area (Å²) in [5, 5.41) is 0.191. The lowest BCUT2D eigenvalue weighted by atomic mass is 10.3. The molecule has 116 valence electrons. The number of carbonyl (C=O) groups is 1. The average molecular weight is 316 g/mol. The number of ether oxygens (including phenoxy) is 3. The summed E-state index contributed by atoms with van der Waals surface area (Å²) in [4.78, 5) is 21.3. The molecule has 0 bridgehead atoms. The second-order valence-corrected chi connectivity index (χ2v) is 5.27. The number of rotatable bonds is 4. The Labute approximate surface area is 128 Å². The van der Waals surface area contributed by atoms with Crippen LogP contribution in [0, 0.1) is 0 Å². The Balaban J connectivity index is 1.97. The lowest BCUT2D eigenvalue weighted by Gasteiger charge is -2.18. The summed E-state index contributed by atoms with van der Waals surface area (Å²) in [6, 6.07) is 0. The van der Waals surface area contributed by atoms with E-state index in [0.29, 0.717) is 25.3 Å². The van der Waals surface area contributed by atoms with E-state index in [1.54, 1.807) is 4.90 Å². The fraction of sp³-hybridized carbons (Fsp3) is 0.615. The molecular formula is C13H18ClN3O4. The molecule has 1 amide bonds. The summed E-state index contributed by atoms with van der Waals surface area (Å²) >= 11 is 5.91. The fourth-order valence-electron chi connectivity index (χ4n) is 2.02. The van der Waals surface area contributed by atoms with E-state index >= 15 is 0 Å². The number of halogens is 1. The van der Waals surface area contributed by atoms with Crippen LogP contribution < -0.4 is 9.47 Å². The first kappa shape index (κ1) is 15.6. The molecule has 1 aliphatic rings. The molecule has 1 unspecified atom stereocenters. The highest BCUT2D eigenvalue weighted by Gasteiger charge is 2.30. The predicted molar refractivity (Wildman–Crippen MR) is 75.8 cm³/mol. The topological polar surface area (TPSA) is 73.8 Å². The highest BCUT2D eigenvalue weighted by Crippen LogP contribution is 2.32. The summed E-state index contributed by atoms with van der Waals surface area (Å²) in [6.45, 7) is 4.65. The Bertz CT molecular complexity index is 512. The Kier molecular flexibility index (Phi) is 5.06. The van der Waals surface area contributed by atoms with Crippen LogP contribution >= 0.6 is 11.6 Å². The quantitative estimate of drug-likeness (QED) is 0.793. The largest absolute Gasteiger partial charge is 0.489 e. The van der Waals surface area contributed by atoms with Crippen molar-refractivity contribution in [2.45, 2.75) is 32.5 Å². The molecule has 1 aliphatic heterocycles. The van der Waals surface area contributed by atoms with Gasteiger partial charge in [0.05, 0.1) is 19.8 Å². The van der Waals surface area contributed by atoms with Gasteiger partial charge in [-0.1, -0.05) is 11.6 Å². The van der Waals surface area contributed by atoms with E-state index in [2.05, 4.69) is 9.97 Å². The zero-order valence-corrected chi connectivity index (χ0v) is 13.0. The first-order chi connectivity index (χ1) is 10.0. The van der Waals surface area contributed by atoms with Crippen molar-refractivity contribution in [2.24, 2.45) is 0 Å². The van der Waals surface area contributed by atoms with Gasteiger partial charge in [-0.05, 0) is 13.8 Å². The third-order valence-electron chi connectivity index (χ3n) is 2.95. The smallest absolute Gasteiger partial charge is 0.410 e. The Morgan fingerprint density at radius 3 is 2.90 bits per heavy atom. The van der Waals surface area contributed by atoms with Gasteiger partial charge < -0.3 is 19.1 Å². The zero-order chi connectivity index (χ0) is 15.4. The van der Waals surface area contributed by atoms with Crippen molar-refractivity contribution in [3.05, 3.63) is 11.5 Å². The molecule has 0 radical (unpaired) electrons. The molecular weight excluding hydrogens is 298 g/mol. The highest BCUT2D eigenvalue weighted by atomic mass is 35.5. The number of methoxy groups -OCH3 is 1. The number of aromatic nitrogens is 2. The van der Waals surface area contributed by atoms with E-state index in [1.165, 1.54) is 13.4 Å². The summed E-state index contributed by atoms with van der Waals surface area (Å²) in [6.07, 6.45) is 1.35. The van der Waals surface area contributed by atoms with E-state index in [1.807, 2.05) is 13.8 Å². The van der Waals surface area contributed by atoms with Crippen molar-refractivity contribution in [1.82, 2.24) is 14.9 Å². The van der Waals surface area contributed by atoms with Crippen LogP contribution in [0.25, 0.3) is 0 Å². The van der Waals surface area contributed by atoms with Gasteiger partial charge in [-0.15, -0.1) is 0 Å². The van der Waals surface area contributed by atoms with Crippen LogP contribution in [0.4, 0.5) is 4.79 Å². The predicted octanol–water partition coefficient (Wildman–Crippen LogP) is 2.14. The standard InChI is InChI=1S/C13H18ClN3O4/c1-8(2)20-13(18)17-5-4-9(6-17)21-12-10(19-3)11(14)15-7-16-12/h7-9H,4-6H2,1-3H3. The SMILES string of the molecule is COc1c(Cl)ncnc1OC1CCN(C(=O)OC(C)C)C1.